The first-order valence-corrected chi connectivity index (χ1v) is 8.57. The number of ether oxygens (including phenoxy) is 2. The average molecular weight is 370 g/mol. The molecule has 0 fully saturated rings. The van der Waals surface area contributed by atoms with Gasteiger partial charge in [-0.2, -0.15) is 0 Å². The van der Waals surface area contributed by atoms with Crippen LogP contribution in [0, 0.1) is 11.8 Å². The van der Waals surface area contributed by atoms with E-state index in [-0.39, 0.29) is 23.0 Å². The van der Waals surface area contributed by atoms with E-state index in [1.165, 1.54) is 13.8 Å². The second kappa shape index (κ2) is 10.8. The fourth-order valence-electron chi connectivity index (χ4n) is 2.00. The maximum atomic E-state index is 12.0. The summed E-state index contributed by atoms with van der Waals surface area (Å²) >= 11 is 0. The molecule has 148 valence electrons. The Hall–Kier alpha value is -2.06. The minimum absolute atomic E-state index is 0.148. The summed E-state index contributed by atoms with van der Waals surface area (Å²) in [4.78, 5) is 47.5. The number of esters is 4. The SMILES string of the molecule is CC(C(=O)OC(=O)[C@@H](N)CC(C)C)=C(C)C(=O)OC(=O)[C@@H](N)CC(C)C. The Morgan fingerprint density at radius 2 is 0.962 bits per heavy atom. The standard InChI is InChI=1S/C18H30N2O6/c1-9(2)7-13(19)17(23)25-15(21)11(5)12(6)16(22)26-18(24)14(20)8-10(3)4/h9-10,13-14H,7-8,19-20H2,1-6H3/t13-,14-/m0/s1. The first-order valence-electron chi connectivity index (χ1n) is 8.57. The average Bonchev–Trinajstić information content (AvgIpc) is 2.51. The van der Waals surface area contributed by atoms with Gasteiger partial charge in [-0.1, -0.05) is 27.7 Å². The van der Waals surface area contributed by atoms with Crippen molar-refractivity contribution in [3.63, 3.8) is 0 Å². The van der Waals surface area contributed by atoms with Crippen LogP contribution in [-0.2, 0) is 28.7 Å². The molecule has 0 saturated heterocycles. The smallest absolute Gasteiger partial charge is 0.341 e. The molecule has 0 bridgehead atoms. The summed E-state index contributed by atoms with van der Waals surface area (Å²) in [7, 11) is 0. The lowest BCUT2D eigenvalue weighted by Gasteiger charge is -2.14. The second-order valence-corrected chi connectivity index (χ2v) is 7.14. The highest BCUT2D eigenvalue weighted by atomic mass is 16.6. The predicted molar refractivity (Wildman–Crippen MR) is 95.4 cm³/mol. The molecule has 0 aliphatic rings. The largest absolute Gasteiger partial charge is 0.388 e. The van der Waals surface area contributed by atoms with Gasteiger partial charge in [0.05, 0.1) is 0 Å². The maximum Gasteiger partial charge on any atom is 0.341 e. The maximum absolute atomic E-state index is 12.0. The summed E-state index contributed by atoms with van der Waals surface area (Å²) in [6.45, 7) is 10.1. The molecule has 4 N–H and O–H groups in total. The van der Waals surface area contributed by atoms with Crippen molar-refractivity contribution >= 4 is 23.9 Å². The third kappa shape index (κ3) is 8.35. The van der Waals surface area contributed by atoms with E-state index in [9.17, 15) is 19.2 Å². The van der Waals surface area contributed by atoms with Gasteiger partial charge in [0.1, 0.15) is 12.1 Å². The third-order valence-electron chi connectivity index (χ3n) is 3.62. The summed E-state index contributed by atoms with van der Waals surface area (Å²) in [6.07, 6.45) is 0.719. The first kappa shape index (κ1) is 23.9. The van der Waals surface area contributed by atoms with E-state index in [0.717, 1.165) is 0 Å². The van der Waals surface area contributed by atoms with Crippen LogP contribution in [0.15, 0.2) is 11.1 Å². The lowest BCUT2D eigenvalue weighted by molar-refractivity contribution is -0.161. The first-order chi connectivity index (χ1) is 11.9. The molecular weight excluding hydrogens is 340 g/mol. The van der Waals surface area contributed by atoms with Crippen molar-refractivity contribution in [2.24, 2.45) is 23.3 Å². The van der Waals surface area contributed by atoms with Crippen molar-refractivity contribution < 1.29 is 28.7 Å². The van der Waals surface area contributed by atoms with Crippen LogP contribution in [0.1, 0.15) is 54.4 Å². The van der Waals surface area contributed by atoms with E-state index in [4.69, 9.17) is 11.5 Å². The Balaban J connectivity index is 4.90. The van der Waals surface area contributed by atoms with Crippen LogP contribution >= 0.6 is 0 Å². The van der Waals surface area contributed by atoms with Gasteiger partial charge in [-0.05, 0) is 38.5 Å². The third-order valence-corrected chi connectivity index (χ3v) is 3.62. The highest BCUT2D eigenvalue weighted by molar-refractivity contribution is 6.05. The van der Waals surface area contributed by atoms with Crippen molar-refractivity contribution in [1.82, 2.24) is 0 Å². The topological polar surface area (TPSA) is 139 Å². The van der Waals surface area contributed by atoms with Gasteiger partial charge < -0.3 is 20.9 Å². The molecule has 0 aromatic heterocycles. The molecular formula is C18H30N2O6. The number of nitrogens with two attached hydrogens (primary N) is 2. The normalized spacial score (nSPS) is 14.5. The van der Waals surface area contributed by atoms with Gasteiger partial charge in [-0.3, -0.25) is 0 Å². The zero-order chi connectivity index (χ0) is 20.6. The highest BCUT2D eigenvalue weighted by Crippen LogP contribution is 2.11. The molecule has 0 radical (unpaired) electrons. The Kier molecular flexibility index (Phi) is 9.97. The van der Waals surface area contributed by atoms with Crippen molar-refractivity contribution in [2.45, 2.75) is 66.5 Å². The van der Waals surface area contributed by atoms with Gasteiger partial charge >= 0.3 is 23.9 Å². The second-order valence-electron chi connectivity index (χ2n) is 7.14. The summed E-state index contributed by atoms with van der Waals surface area (Å²) in [5, 5.41) is 0. The van der Waals surface area contributed by atoms with E-state index >= 15 is 0 Å². The summed E-state index contributed by atoms with van der Waals surface area (Å²) in [6, 6.07) is -1.87. The molecule has 0 aromatic rings. The fourth-order valence-corrected chi connectivity index (χ4v) is 2.00. The van der Waals surface area contributed by atoms with Gasteiger partial charge in [0.2, 0.25) is 0 Å². The lowest BCUT2D eigenvalue weighted by atomic mass is 10.0. The van der Waals surface area contributed by atoms with E-state index in [1.807, 2.05) is 27.7 Å². The molecule has 0 rings (SSSR count). The molecule has 26 heavy (non-hydrogen) atoms. The molecule has 0 saturated carbocycles. The van der Waals surface area contributed by atoms with E-state index < -0.39 is 36.0 Å². The van der Waals surface area contributed by atoms with Gasteiger partial charge in [0, 0.05) is 11.1 Å². The zero-order valence-corrected chi connectivity index (χ0v) is 16.3. The van der Waals surface area contributed by atoms with Crippen LogP contribution in [0.5, 0.6) is 0 Å². The summed E-state index contributed by atoms with van der Waals surface area (Å²) < 4.78 is 9.35. The molecule has 0 aliphatic carbocycles. The van der Waals surface area contributed by atoms with E-state index in [0.29, 0.717) is 12.8 Å². The Morgan fingerprint density at radius 3 is 1.19 bits per heavy atom. The van der Waals surface area contributed by atoms with Crippen molar-refractivity contribution in [2.75, 3.05) is 0 Å². The summed E-state index contributed by atoms with van der Waals surface area (Å²) in [5.74, 6) is -3.47. The van der Waals surface area contributed by atoms with Crippen molar-refractivity contribution in [3.8, 4) is 0 Å². The molecule has 0 aromatic carbocycles. The predicted octanol–water partition coefficient (Wildman–Crippen LogP) is 1.21. The molecule has 8 heteroatoms. The van der Waals surface area contributed by atoms with Crippen molar-refractivity contribution in [3.05, 3.63) is 11.1 Å². The van der Waals surface area contributed by atoms with Crippen LogP contribution in [0.25, 0.3) is 0 Å². The van der Waals surface area contributed by atoms with Gasteiger partial charge in [-0.25, -0.2) is 19.2 Å². The van der Waals surface area contributed by atoms with Crippen LogP contribution in [0.2, 0.25) is 0 Å². The fraction of sp³-hybridized carbons (Fsp3) is 0.667. The molecule has 0 unspecified atom stereocenters. The highest BCUT2D eigenvalue weighted by Gasteiger charge is 2.25. The number of hydrogen-bond donors (Lipinski definition) is 2. The number of carbonyl (C=O) groups is 4. The minimum atomic E-state index is -1.01. The van der Waals surface area contributed by atoms with Crippen LogP contribution in [0.4, 0.5) is 0 Å². The molecule has 0 amide bonds. The number of rotatable bonds is 8. The monoisotopic (exact) mass is 370 g/mol. The van der Waals surface area contributed by atoms with Gasteiger partial charge in [0.15, 0.2) is 0 Å². The molecule has 0 heterocycles. The minimum Gasteiger partial charge on any atom is -0.388 e. The Morgan fingerprint density at radius 1 is 0.692 bits per heavy atom. The zero-order valence-electron chi connectivity index (χ0n) is 16.3. The van der Waals surface area contributed by atoms with Crippen molar-refractivity contribution in [1.29, 1.82) is 0 Å². The van der Waals surface area contributed by atoms with Gasteiger partial charge in [0.25, 0.3) is 0 Å². The number of carbonyl (C=O) groups excluding carboxylic acids is 4. The van der Waals surface area contributed by atoms with Gasteiger partial charge in [-0.15, -0.1) is 0 Å². The van der Waals surface area contributed by atoms with Crippen LogP contribution in [-0.4, -0.2) is 36.0 Å². The Bertz CT molecular complexity index is 530. The van der Waals surface area contributed by atoms with Crippen LogP contribution < -0.4 is 11.5 Å². The summed E-state index contributed by atoms with van der Waals surface area (Å²) in [5.41, 5.74) is 11.0. The number of hydrogen-bond acceptors (Lipinski definition) is 8. The quantitative estimate of drug-likeness (QED) is 0.369. The molecule has 0 spiro atoms. The molecule has 8 nitrogen and oxygen atoms in total. The Labute approximate surface area is 154 Å². The molecule has 2 atom stereocenters. The molecule has 0 aliphatic heterocycles. The van der Waals surface area contributed by atoms with E-state index in [1.54, 1.807) is 0 Å². The van der Waals surface area contributed by atoms with Crippen LogP contribution in [0.3, 0.4) is 0 Å². The van der Waals surface area contributed by atoms with E-state index in [2.05, 4.69) is 9.47 Å². The lowest BCUT2D eigenvalue weighted by Crippen LogP contribution is -2.36.